The number of pyridine rings is 1. The van der Waals surface area contributed by atoms with Crippen LogP contribution in [0.1, 0.15) is 42.9 Å². The first-order valence-corrected chi connectivity index (χ1v) is 13.1. The fraction of sp³-hybridized carbons (Fsp3) is 0.321. The second kappa shape index (κ2) is 11.1. The molecule has 1 saturated heterocycles. The van der Waals surface area contributed by atoms with Crippen molar-refractivity contribution in [2.75, 3.05) is 18.0 Å². The Bertz CT molecular complexity index is 1300. The summed E-state index contributed by atoms with van der Waals surface area (Å²) < 4.78 is 7.98. The third-order valence-corrected chi connectivity index (χ3v) is 7.12. The van der Waals surface area contributed by atoms with Crippen LogP contribution in [-0.2, 0) is 13.0 Å². The molecule has 8 heteroatoms. The van der Waals surface area contributed by atoms with Gasteiger partial charge in [0.1, 0.15) is 23.7 Å². The summed E-state index contributed by atoms with van der Waals surface area (Å²) in [5.41, 5.74) is 4.67. The van der Waals surface area contributed by atoms with Gasteiger partial charge in [0.2, 0.25) is 0 Å². The van der Waals surface area contributed by atoms with E-state index in [2.05, 4.69) is 39.5 Å². The van der Waals surface area contributed by atoms with E-state index in [-0.39, 0.29) is 6.10 Å². The number of aliphatic hydroxyl groups is 1. The second-order valence-corrected chi connectivity index (χ2v) is 9.95. The maximum absolute atomic E-state index is 10.9. The van der Waals surface area contributed by atoms with E-state index in [1.165, 1.54) is 5.69 Å². The van der Waals surface area contributed by atoms with Gasteiger partial charge in [0.15, 0.2) is 0 Å². The molecule has 1 fully saturated rings. The van der Waals surface area contributed by atoms with Crippen molar-refractivity contribution in [3.63, 3.8) is 0 Å². The van der Waals surface area contributed by atoms with Crippen molar-refractivity contribution in [2.45, 2.75) is 45.1 Å². The molecule has 0 saturated carbocycles. The molecule has 0 amide bonds. The minimum atomic E-state index is -0.854. The zero-order valence-electron chi connectivity index (χ0n) is 20.2. The van der Waals surface area contributed by atoms with Crippen LogP contribution in [0.15, 0.2) is 66.9 Å². The number of aliphatic hydroxyl groups excluding tert-OH is 1. The maximum atomic E-state index is 10.9. The van der Waals surface area contributed by atoms with E-state index < -0.39 is 6.23 Å². The first kappa shape index (κ1) is 24.9. The molecular formula is C28H30Cl2N4O2. The Hall–Kier alpha value is -2.77. The molecule has 0 bridgehead atoms. The van der Waals surface area contributed by atoms with Crippen molar-refractivity contribution in [2.24, 2.45) is 0 Å². The quantitative estimate of drug-likeness (QED) is 0.275. The molecule has 36 heavy (non-hydrogen) atoms. The van der Waals surface area contributed by atoms with Gasteiger partial charge in [0.25, 0.3) is 0 Å². The third kappa shape index (κ3) is 5.62. The molecule has 1 atom stereocenters. The number of nitrogens with zero attached hydrogens (tertiary/aromatic N) is 3. The number of rotatable bonds is 8. The maximum Gasteiger partial charge on any atom is 0.148 e. The number of ether oxygens (including phenoxy) is 1. The first-order chi connectivity index (χ1) is 17.5. The highest BCUT2D eigenvalue weighted by atomic mass is 35.5. The Morgan fingerprint density at radius 1 is 1.00 bits per heavy atom. The number of anilines is 1. The fourth-order valence-electron chi connectivity index (χ4n) is 4.71. The van der Waals surface area contributed by atoms with Gasteiger partial charge in [0.05, 0.1) is 16.4 Å². The topological polar surface area (TPSA) is 62.0 Å². The van der Waals surface area contributed by atoms with Crippen molar-refractivity contribution in [3.05, 3.63) is 93.9 Å². The minimum Gasteiger partial charge on any atom is -0.490 e. The summed E-state index contributed by atoms with van der Waals surface area (Å²) in [5.74, 6) is 0.870. The highest BCUT2D eigenvalue weighted by Gasteiger charge is 2.21. The molecule has 2 aromatic carbocycles. The number of fused-ring (bicyclic) bond motifs is 1. The number of piperidine rings is 1. The number of nitrogens with one attached hydrogen (secondary N) is 1. The number of aryl methyl sites for hydroxylation is 1. The molecule has 3 heterocycles. The molecule has 1 unspecified atom stereocenters. The lowest BCUT2D eigenvalue weighted by Gasteiger charge is -2.33. The minimum absolute atomic E-state index is 0.218. The van der Waals surface area contributed by atoms with E-state index >= 15 is 0 Å². The SMILES string of the molecule is CCc1nc2ccc(Cl)cn2c1C(O)NCc1ccc(N2CCC(Oc3ccc(Cl)cc3)CC2)cc1. The molecule has 1 aliphatic heterocycles. The summed E-state index contributed by atoms with van der Waals surface area (Å²) in [5, 5.41) is 15.5. The Morgan fingerprint density at radius 3 is 2.39 bits per heavy atom. The smallest absolute Gasteiger partial charge is 0.148 e. The van der Waals surface area contributed by atoms with Gasteiger partial charge in [-0.3, -0.25) is 9.72 Å². The molecule has 0 aliphatic carbocycles. The molecule has 5 rings (SSSR count). The van der Waals surface area contributed by atoms with Crippen LogP contribution in [0.3, 0.4) is 0 Å². The molecule has 1 aliphatic rings. The summed E-state index contributed by atoms with van der Waals surface area (Å²) in [6, 6.07) is 19.7. The summed E-state index contributed by atoms with van der Waals surface area (Å²) in [6.07, 6.45) is 3.83. The highest BCUT2D eigenvalue weighted by Crippen LogP contribution is 2.25. The normalized spacial score (nSPS) is 15.4. The van der Waals surface area contributed by atoms with E-state index in [4.69, 9.17) is 27.9 Å². The first-order valence-electron chi connectivity index (χ1n) is 12.3. The van der Waals surface area contributed by atoms with Gasteiger partial charge in [-0.05, 0) is 60.5 Å². The average Bonchev–Trinajstić information content (AvgIpc) is 3.27. The second-order valence-electron chi connectivity index (χ2n) is 9.08. The Labute approximate surface area is 221 Å². The zero-order valence-corrected chi connectivity index (χ0v) is 21.7. The van der Waals surface area contributed by atoms with Crippen molar-refractivity contribution in [1.29, 1.82) is 0 Å². The molecular weight excluding hydrogens is 495 g/mol. The lowest BCUT2D eigenvalue weighted by atomic mass is 10.1. The van der Waals surface area contributed by atoms with E-state index in [1.807, 2.05) is 47.7 Å². The number of halogens is 2. The Balaban J connectivity index is 1.16. The van der Waals surface area contributed by atoms with E-state index in [0.717, 1.165) is 65.7 Å². The number of hydrogen-bond acceptors (Lipinski definition) is 5. The van der Waals surface area contributed by atoms with Crippen molar-refractivity contribution >= 4 is 34.5 Å². The van der Waals surface area contributed by atoms with Crippen molar-refractivity contribution in [1.82, 2.24) is 14.7 Å². The predicted molar refractivity (Wildman–Crippen MR) is 145 cm³/mol. The number of hydrogen-bond donors (Lipinski definition) is 2. The van der Waals surface area contributed by atoms with Crippen LogP contribution in [-0.4, -0.2) is 33.7 Å². The average molecular weight is 525 g/mol. The number of benzene rings is 2. The molecule has 2 aromatic heterocycles. The molecule has 0 spiro atoms. The van der Waals surface area contributed by atoms with Gasteiger partial charge in [-0.1, -0.05) is 42.3 Å². The van der Waals surface area contributed by atoms with Gasteiger partial charge in [-0.15, -0.1) is 0 Å². The summed E-state index contributed by atoms with van der Waals surface area (Å²) in [4.78, 5) is 7.02. The van der Waals surface area contributed by atoms with Crippen LogP contribution in [0, 0.1) is 0 Å². The van der Waals surface area contributed by atoms with Crippen LogP contribution in [0.4, 0.5) is 5.69 Å². The van der Waals surface area contributed by atoms with Crippen LogP contribution < -0.4 is 15.0 Å². The third-order valence-electron chi connectivity index (χ3n) is 6.65. The molecule has 2 N–H and O–H groups in total. The Kier molecular flexibility index (Phi) is 7.67. The summed E-state index contributed by atoms with van der Waals surface area (Å²) >= 11 is 12.1. The lowest BCUT2D eigenvalue weighted by Crippen LogP contribution is -2.38. The molecule has 188 valence electrons. The van der Waals surface area contributed by atoms with E-state index in [1.54, 1.807) is 6.20 Å². The van der Waals surface area contributed by atoms with Crippen LogP contribution >= 0.6 is 23.2 Å². The van der Waals surface area contributed by atoms with Crippen LogP contribution in [0.2, 0.25) is 10.0 Å². The largest absolute Gasteiger partial charge is 0.490 e. The van der Waals surface area contributed by atoms with Crippen LogP contribution in [0.5, 0.6) is 5.75 Å². The van der Waals surface area contributed by atoms with Gasteiger partial charge < -0.3 is 14.7 Å². The highest BCUT2D eigenvalue weighted by molar-refractivity contribution is 6.30. The molecule has 0 radical (unpaired) electrons. The van der Waals surface area contributed by atoms with E-state index in [0.29, 0.717) is 11.6 Å². The molecule has 6 nitrogen and oxygen atoms in total. The lowest BCUT2D eigenvalue weighted by molar-refractivity contribution is 0.130. The van der Waals surface area contributed by atoms with Gasteiger partial charge in [-0.25, -0.2) is 4.98 Å². The summed E-state index contributed by atoms with van der Waals surface area (Å²) in [7, 11) is 0. The molecule has 4 aromatic rings. The predicted octanol–water partition coefficient (Wildman–Crippen LogP) is 6.03. The summed E-state index contributed by atoms with van der Waals surface area (Å²) in [6.45, 7) is 4.47. The van der Waals surface area contributed by atoms with Crippen LogP contribution in [0.25, 0.3) is 5.65 Å². The fourth-order valence-corrected chi connectivity index (χ4v) is 5.00. The zero-order chi connectivity index (χ0) is 25.1. The number of imidazole rings is 1. The Morgan fingerprint density at radius 2 is 1.69 bits per heavy atom. The van der Waals surface area contributed by atoms with Gasteiger partial charge in [0, 0.05) is 49.4 Å². The standard InChI is InChI=1S/C28H30Cl2N4O2/c1-2-25-27(34-18-21(30)7-12-26(34)32-25)28(35)31-17-19-3-8-22(9-4-19)33-15-13-24(14-16-33)36-23-10-5-20(29)6-11-23/h3-12,18,24,28,31,35H,2,13-17H2,1H3. The van der Waals surface area contributed by atoms with Gasteiger partial charge >= 0.3 is 0 Å². The number of aromatic nitrogens is 2. The van der Waals surface area contributed by atoms with Crippen molar-refractivity contribution in [3.8, 4) is 5.75 Å². The van der Waals surface area contributed by atoms with E-state index in [9.17, 15) is 5.11 Å². The van der Waals surface area contributed by atoms with Gasteiger partial charge in [-0.2, -0.15) is 0 Å². The monoisotopic (exact) mass is 524 g/mol. The van der Waals surface area contributed by atoms with Crippen molar-refractivity contribution < 1.29 is 9.84 Å².